The van der Waals surface area contributed by atoms with Crippen molar-refractivity contribution in [2.45, 2.75) is 117 Å². The standard InChI is InChI=1S/C33H46N2O2S/c1-3-5-7-9-10-11-12-13-14-16-18-30-23-24-31(38-30)33(36)37-29-21-19-28(20-22-29)32-34-25-27(26-35-32)17-15-8-6-4-2/h19-26H,3-18H2,1-2H3. The highest BCUT2D eigenvalue weighted by Crippen LogP contribution is 2.24. The van der Waals surface area contributed by atoms with Crippen molar-refractivity contribution < 1.29 is 9.53 Å². The molecular formula is C33H46N2O2S. The number of ether oxygens (including phenoxy) is 1. The Kier molecular flexibility index (Phi) is 14.1. The fraction of sp³-hybridized carbons (Fsp3) is 0.545. The SMILES string of the molecule is CCCCCCCCCCCCc1ccc(C(=O)Oc2ccc(-c3ncc(CCCCCC)cn3)cc2)s1. The number of carbonyl (C=O) groups excluding carboxylic acids is 1. The molecule has 3 aromatic rings. The van der Waals surface area contributed by atoms with Gasteiger partial charge in [-0.3, -0.25) is 0 Å². The molecule has 2 heterocycles. The highest BCUT2D eigenvalue weighted by Gasteiger charge is 2.12. The maximum absolute atomic E-state index is 12.7. The highest BCUT2D eigenvalue weighted by molar-refractivity contribution is 7.13. The first-order valence-electron chi connectivity index (χ1n) is 14.9. The number of hydrogen-bond donors (Lipinski definition) is 0. The molecule has 0 atom stereocenters. The van der Waals surface area contributed by atoms with E-state index in [2.05, 4.69) is 29.9 Å². The van der Waals surface area contributed by atoms with Crippen molar-refractivity contribution in [1.29, 1.82) is 0 Å². The normalized spacial score (nSPS) is 11.1. The number of esters is 1. The molecule has 3 rings (SSSR count). The zero-order valence-electron chi connectivity index (χ0n) is 23.6. The quantitative estimate of drug-likeness (QED) is 0.0872. The van der Waals surface area contributed by atoms with Crippen molar-refractivity contribution in [3.05, 3.63) is 64.1 Å². The van der Waals surface area contributed by atoms with E-state index < -0.39 is 0 Å². The second-order valence-electron chi connectivity index (χ2n) is 10.3. The Morgan fingerprint density at radius 1 is 0.684 bits per heavy atom. The number of nitrogens with zero attached hydrogens (tertiary/aromatic N) is 2. The Labute approximate surface area is 234 Å². The molecular weight excluding hydrogens is 488 g/mol. The third kappa shape index (κ3) is 11.1. The van der Waals surface area contributed by atoms with Gasteiger partial charge in [0, 0.05) is 22.8 Å². The molecule has 2 aromatic heterocycles. The number of aryl methyl sites for hydroxylation is 2. The summed E-state index contributed by atoms with van der Waals surface area (Å²) in [5.74, 6) is 0.937. The molecule has 0 bridgehead atoms. The molecule has 0 saturated carbocycles. The van der Waals surface area contributed by atoms with E-state index in [1.165, 1.54) is 100 Å². The number of thiophene rings is 1. The maximum Gasteiger partial charge on any atom is 0.353 e. The molecule has 0 amide bonds. The third-order valence-corrected chi connectivity index (χ3v) is 8.11. The van der Waals surface area contributed by atoms with Crippen LogP contribution in [0.25, 0.3) is 11.4 Å². The summed E-state index contributed by atoms with van der Waals surface area (Å²) < 4.78 is 5.62. The number of aromatic nitrogens is 2. The molecule has 0 saturated heterocycles. The van der Waals surface area contributed by atoms with Crippen LogP contribution in [0.5, 0.6) is 5.75 Å². The van der Waals surface area contributed by atoms with Crippen LogP contribution < -0.4 is 4.74 Å². The topological polar surface area (TPSA) is 52.1 Å². The Hall–Kier alpha value is -2.53. The second-order valence-corrected chi connectivity index (χ2v) is 11.5. The average molecular weight is 535 g/mol. The van der Waals surface area contributed by atoms with Crippen LogP contribution in [0.3, 0.4) is 0 Å². The van der Waals surface area contributed by atoms with Crippen molar-refractivity contribution in [3.8, 4) is 17.1 Å². The minimum Gasteiger partial charge on any atom is -0.422 e. The summed E-state index contributed by atoms with van der Waals surface area (Å²) in [4.78, 5) is 23.6. The summed E-state index contributed by atoms with van der Waals surface area (Å²) in [5, 5.41) is 0. The first kappa shape index (κ1) is 30.0. The lowest BCUT2D eigenvalue weighted by atomic mass is 10.1. The van der Waals surface area contributed by atoms with E-state index in [9.17, 15) is 4.79 Å². The van der Waals surface area contributed by atoms with Gasteiger partial charge in [0.05, 0.1) is 0 Å². The summed E-state index contributed by atoms with van der Waals surface area (Å²) in [7, 11) is 0. The van der Waals surface area contributed by atoms with Crippen molar-refractivity contribution in [3.63, 3.8) is 0 Å². The van der Waals surface area contributed by atoms with Crippen molar-refractivity contribution in [2.75, 3.05) is 0 Å². The lowest BCUT2D eigenvalue weighted by Crippen LogP contribution is -2.06. The number of carbonyl (C=O) groups is 1. The van der Waals surface area contributed by atoms with Gasteiger partial charge >= 0.3 is 5.97 Å². The number of benzene rings is 1. The van der Waals surface area contributed by atoms with Gasteiger partial charge in [-0.25, -0.2) is 14.8 Å². The zero-order chi connectivity index (χ0) is 26.8. The van der Waals surface area contributed by atoms with Crippen LogP contribution in [0, 0.1) is 0 Å². The van der Waals surface area contributed by atoms with Crippen molar-refractivity contribution >= 4 is 17.3 Å². The average Bonchev–Trinajstić information content (AvgIpc) is 3.42. The molecule has 206 valence electrons. The minimum atomic E-state index is -0.291. The zero-order valence-corrected chi connectivity index (χ0v) is 24.4. The third-order valence-electron chi connectivity index (χ3n) is 6.99. The van der Waals surface area contributed by atoms with Gasteiger partial charge < -0.3 is 4.74 Å². The largest absolute Gasteiger partial charge is 0.422 e. The fourth-order valence-corrected chi connectivity index (χ4v) is 5.55. The molecule has 0 aliphatic carbocycles. The molecule has 0 fully saturated rings. The summed E-state index contributed by atoms with van der Waals surface area (Å²) >= 11 is 1.55. The molecule has 38 heavy (non-hydrogen) atoms. The van der Waals surface area contributed by atoms with E-state index in [1.54, 1.807) is 11.3 Å². The van der Waals surface area contributed by atoms with E-state index in [4.69, 9.17) is 4.74 Å². The molecule has 0 unspecified atom stereocenters. The van der Waals surface area contributed by atoms with Gasteiger partial charge in [-0.2, -0.15) is 0 Å². The molecule has 0 spiro atoms. The van der Waals surface area contributed by atoms with Crippen molar-refractivity contribution in [2.24, 2.45) is 0 Å². The number of unbranched alkanes of at least 4 members (excludes halogenated alkanes) is 12. The summed E-state index contributed by atoms with van der Waals surface area (Å²) in [6.07, 6.45) is 24.3. The van der Waals surface area contributed by atoms with Gasteiger partial charge in [0.15, 0.2) is 5.82 Å². The predicted molar refractivity (Wildman–Crippen MR) is 160 cm³/mol. The smallest absolute Gasteiger partial charge is 0.353 e. The first-order chi connectivity index (χ1) is 18.7. The van der Waals surface area contributed by atoms with Crippen LogP contribution >= 0.6 is 11.3 Å². The number of hydrogen-bond acceptors (Lipinski definition) is 5. The van der Waals surface area contributed by atoms with E-state index in [1.807, 2.05) is 42.7 Å². The van der Waals surface area contributed by atoms with Crippen molar-refractivity contribution in [1.82, 2.24) is 9.97 Å². The second kappa shape index (κ2) is 17.9. The van der Waals surface area contributed by atoms with Gasteiger partial charge in [-0.05, 0) is 67.6 Å². The monoisotopic (exact) mass is 534 g/mol. The van der Waals surface area contributed by atoms with E-state index in [0.29, 0.717) is 16.5 Å². The molecule has 1 aromatic carbocycles. The van der Waals surface area contributed by atoms with Gasteiger partial charge in [0.1, 0.15) is 10.6 Å². The van der Waals surface area contributed by atoms with Crippen LogP contribution in [-0.4, -0.2) is 15.9 Å². The Balaban J connectivity index is 1.36. The van der Waals surface area contributed by atoms with Crippen LogP contribution in [0.4, 0.5) is 0 Å². The number of rotatable bonds is 19. The summed E-state index contributed by atoms with van der Waals surface area (Å²) in [6, 6.07) is 11.4. The van der Waals surface area contributed by atoms with Gasteiger partial charge in [0.2, 0.25) is 0 Å². The Bertz CT molecular complexity index is 1040. The van der Waals surface area contributed by atoms with Gasteiger partial charge in [0.25, 0.3) is 0 Å². The van der Waals surface area contributed by atoms with E-state index in [-0.39, 0.29) is 5.97 Å². The minimum absolute atomic E-state index is 0.291. The lowest BCUT2D eigenvalue weighted by molar-refractivity contribution is 0.0740. The molecule has 5 heteroatoms. The van der Waals surface area contributed by atoms with Gasteiger partial charge in [-0.15, -0.1) is 11.3 Å². The molecule has 4 nitrogen and oxygen atoms in total. The Morgan fingerprint density at radius 2 is 1.24 bits per heavy atom. The van der Waals surface area contributed by atoms with E-state index >= 15 is 0 Å². The Morgan fingerprint density at radius 3 is 1.87 bits per heavy atom. The highest BCUT2D eigenvalue weighted by atomic mass is 32.1. The molecule has 0 aliphatic rings. The predicted octanol–water partition coefficient (Wildman–Crippen LogP) is 10.0. The molecule has 0 radical (unpaired) electrons. The van der Waals surface area contributed by atoms with Crippen LogP contribution in [-0.2, 0) is 12.8 Å². The summed E-state index contributed by atoms with van der Waals surface area (Å²) in [5.41, 5.74) is 2.09. The van der Waals surface area contributed by atoms with Crippen LogP contribution in [0.1, 0.15) is 124 Å². The fourth-order valence-electron chi connectivity index (χ4n) is 4.63. The van der Waals surface area contributed by atoms with Crippen LogP contribution in [0.2, 0.25) is 0 Å². The molecule has 0 aliphatic heterocycles. The summed E-state index contributed by atoms with van der Waals surface area (Å²) in [6.45, 7) is 4.49. The van der Waals surface area contributed by atoms with Gasteiger partial charge in [-0.1, -0.05) is 90.9 Å². The first-order valence-corrected chi connectivity index (χ1v) is 15.7. The maximum atomic E-state index is 12.7. The lowest BCUT2D eigenvalue weighted by Gasteiger charge is -2.05. The van der Waals surface area contributed by atoms with Crippen LogP contribution in [0.15, 0.2) is 48.8 Å². The molecule has 0 N–H and O–H groups in total. The van der Waals surface area contributed by atoms with E-state index in [0.717, 1.165) is 18.4 Å².